The Morgan fingerprint density at radius 3 is 2.83 bits per heavy atom. The number of nitrogens with two attached hydrogens (primary N) is 1. The highest BCUT2D eigenvalue weighted by molar-refractivity contribution is 7.23. The molecule has 0 spiro atoms. The van der Waals surface area contributed by atoms with E-state index in [2.05, 4.69) is 15.1 Å². The molecule has 0 amide bonds. The summed E-state index contributed by atoms with van der Waals surface area (Å²) in [5.74, 6) is -2.18. The summed E-state index contributed by atoms with van der Waals surface area (Å²) in [6, 6.07) is 4.22. The second-order valence-electron chi connectivity index (χ2n) is 12.4. The van der Waals surface area contributed by atoms with Crippen molar-refractivity contribution >= 4 is 43.1 Å². The van der Waals surface area contributed by atoms with Gasteiger partial charge in [0.2, 0.25) is 0 Å². The van der Waals surface area contributed by atoms with Crippen LogP contribution in [0.5, 0.6) is 6.01 Å². The van der Waals surface area contributed by atoms with Crippen molar-refractivity contribution in [3.63, 3.8) is 0 Å². The van der Waals surface area contributed by atoms with Gasteiger partial charge >= 0.3 is 12.2 Å². The van der Waals surface area contributed by atoms with Crippen LogP contribution >= 0.6 is 11.3 Å². The lowest BCUT2D eigenvalue weighted by molar-refractivity contribution is -0.137. The molecule has 9 nitrogen and oxygen atoms in total. The van der Waals surface area contributed by atoms with Crippen molar-refractivity contribution in [3.8, 4) is 23.2 Å². The van der Waals surface area contributed by atoms with E-state index in [9.17, 15) is 27.2 Å². The first-order valence-electron chi connectivity index (χ1n) is 15.2. The summed E-state index contributed by atoms with van der Waals surface area (Å²) in [6.45, 7) is 1.40. The summed E-state index contributed by atoms with van der Waals surface area (Å²) in [4.78, 5) is 12.5. The molecule has 2 fully saturated rings. The molecule has 2 N–H and O–H groups in total. The van der Waals surface area contributed by atoms with Crippen LogP contribution in [0.4, 0.5) is 37.2 Å². The third-order valence-corrected chi connectivity index (χ3v) is 10.7. The van der Waals surface area contributed by atoms with E-state index in [-0.39, 0.29) is 76.1 Å². The highest BCUT2D eigenvalue weighted by Crippen LogP contribution is 2.48. The maximum Gasteiger partial charge on any atom is 0.417 e. The normalized spacial score (nSPS) is 21.2. The van der Waals surface area contributed by atoms with E-state index in [0.717, 1.165) is 24.6 Å². The topological polar surface area (TPSA) is 117 Å². The molecule has 2 unspecified atom stereocenters. The van der Waals surface area contributed by atoms with Crippen molar-refractivity contribution in [2.24, 2.45) is 0 Å². The molecule has 3 aromatic heterocycles. The molecular weight excluding hydrogens is 660 g/mol. The van der Waals surface area contributed by atoms with Crippen molar-refractivity contribution in [1.29, 1.82) is 5.26 Å². The van der Waals surface area contributed by atoms with Crippen LogP contribution in [0.15, 0.2) is 29.0 Å². The number of benzene rings is 2. The van der Waals surface area contributed by atoms with E-state index in [1.54, 1.807) is 4.90 Å². The number of alkyl halides is 4. The molecule has 0 bridgehead atoms. The number of nitrogen functional groups attached to an aromatic ring is 1. The number of hydrogen-bond acceptors (Lipinski definition) is 10. The zero-order valence-electron chi connectivity index (χ0n) is 25.0. The van der Waals surface area contributed by atoms with E-state index in [0.29, 0.717) is 42.0 Å². The number of rotatable bonds is 5. The quantitative estimate of drug-likeness (QED) is 0.200. The van der Waals surface area contributed by atoms with Gasteiger partial charge in [-0.2, -0.15) is 28.4 Å². The zero-order valence-corrected chi connectivity index (χ0v) is 25.8. The van der Waals surface area contributed by atoms with Crippen LogP contribution in [0, 0.1) is 23.0 Å². The third kappa shape index (κ3) is 4.73. The lowest BCUT2D eigenvalue weighted by Crippen LogP contribution is -2.43. The lowest BCUT2D eigenvalue weighted by atomic mass is 9.92. The van der Waals surface area contributed by atoms with Gasteiger partial charge in [-0.3, -0.25) is 4.90 Å². The van der Waals surface area contributed by atoms with Crippen LogP contribution in [0.1, 0.15) is 41.6 Å². The Bertz CT molecular complexity index is 2160. The minimum absolute atomic E-state index is 0.00156. The number of ether oxygens (including phenoxy) is 1. The third-order valence-electron chi connectivity index (χ3n) is 9.63. The molecule has 5 aromatic rings. The van der Waals surface area contributed by atoms with Crippen molar-refractivity contribution in [1.82, 2.24) is 20.0 Å². The van der Waals surface area contributed by atoms with Gasteiger partial charge < -0.3 is 19.9 Å². The van der Waals surface area contributed by atoms with Crippen LogP contribution in [0.25, 0.3) is 32.1 Å². The Morgan fingerprint density at radius 1 is 1.21 bits per heavy atom. The number of fused-ring (bicyclic) bond motifs is 4. The van der Waals surface area contributed by atoms with Crippen LogP contribution in [0.2, 0.25) is 0 Å². The second-order valence-corrected chi connectivity index (χ2v) is 13.5. The molecule has 3 aliphatic heterocycles. The Balaban J connectivity index is 1.35. The number of nitrogens with zero attached hydrogens (tertiary/aromatic N) is 6. The largest absolute Gasteiger partial charge is 0.461 e. The van der Waals surface area contributed by atoms with Crippen molar-refractivity contribution in [3.05, 3.63) is 58.5 Å². The van der Waals surface area contributed by atoms with Crippen LogP contribution in [-0.4, -0.2) is 58.0 Å². The molecular formula is C32H25F6N7O2S. The van der Waals surface area contributed by atoms with Crippen molar-refractivity contribution in [2.75, 3.05) is 36.9 Å². The van der Waals surface area contributed by atoms with Crippen molar-refractivity contribution in [2.45, 2.75) is 50.1 Å². The Labute approximate surface area is 272 Å². The summed E-state index contributed by atoms with van der Waals surface area (Å²) in [5, 5.41) is 13.2. The van der Waals surface area contributed by atoms with Gasteiger partial charge in [0.25, 0.3) is 0 Å². The minimum Gasteiger partial charge on any atom is -0.461 e. The number of aromatic nitrogens is 3. The first-order valence-corrected chi connectivity index (χ1v) is 16.0. The minimum atomic E-state index is -5.09. The van der Waals surface area contributed by atoms with Gasteiger partial charge in [0, 0.05) is 54.4 Å². The fourth-order valence-electron chi connectivity index (χ4n) is 7.46. The van der Waals surface area contributed by atoms with Gasteiger partial charge in [-0.05, 0) is 37.1 Å². The molecule has 16 heteroatoms. The van der Waals surface area contributed by atoms with Gasteiger partial charge in [-0.15, -0.1) is 11.3 Å². The molecule has 0 aliphatic carbocycles. The van der Waals surface area contributed by atoms with Crippen LogP contribution in [-0.2, 0) is 19.1 Å². The molecule has 3 aliphatic rings. The van der Waals surface area contributed by atoms with Crippen molar-refractivity contribution < 1.29 is 35.6 Å². The summed E-state index contributed by atoms with van der Waals surface area (Å²) in [7, 11) is 0. The molecule has 0 radical (unpaired) electrons. The van der Waals surface area contributed by atoms with Gasteiger partial charge in [0.15, 0.2) is 5.82 Å². The predicted molar refractivity (Wildman–Crippen MR) is 164 cm³/mol. The molecule has 6 heterocycles. The lowest BCUT2D eigenvalue weighted by Gasteiger charge is -2.31. The van der Waals surface area contributed by atoms with Crippen LogP contribution in [0.3, 0.4) is 0 Å². The van der Waals surface area contributed by atoms with E-state index >= 15 is 4.39 Å². The van der Waals surface area contributed by atoms with Crippen LogP contribution < -0.4 is 15.4 Å². The Hall–Kier alpha value is -4.62. The first-order chi connectivity index (χ1) is 23.0. The summed E-state index contributed by atoms with van der Waals surface area (Å²) >= 11 is 0.687. The van der Waals surface area contributed by atoms with E-state index in [1.165, 1.54) is 6.26 Å². The highest BCUT2D eigenvalue weighted by Gasteiger charge is 2.49. The standard InChI is InChI=1S/C32H25F6N7O2S/c33-16-9-31(5-1-6-45(31)12-16)14-46-30-41-26-18(29(42-30)44-7-4-22-15(11-44)13-47-43-22)8-20(32(36,37)38)24(25(26)35)17-2-3-21(34)27-23(17)19(10-39)28(40)48-27/h2-3,8,13,16H,1,4-7,9,11-12,14,40H2. The molecule has 248 valence electrons. The maximum atomic E-state index is 17.0. The second kappa shape index (κ2) is 11.0. The molecule has 0 saturated carbocycles. The Morgan fingerprint density at radius 2 is 2.04 bits per heavy atom. The van der Waals surface area contributed by atoms with Gasteiger partial charge in [-0.1, -0.05) is 11.2 Å². The summed E-state index contributed by atoms with van der Waals surface area (Å²) < 4.78 is 102. The average Bonchev–Trinajstić information content (AvgIpc) is 3.81. The molecule has 2 saturated heterocycles. The Kier molecular flexibility index (Phi) is 7.01. The van der Waals surface area contributed by atoms with E-state index in [1.807, 2.05) is 11.0 Å². The number of anilines is 2. The van der Waals surface area contributed by atoms with E-state index < -0.39 is 46.2 Å². The fourth-order valence-corrected chi connectivity index (χ4v) is 8.41. The van der Waals surface area contributed by atoms with Gasteiger partial charge in [-0.25, -0.2) is 13.2 Å². The number of thiophene rings is 1. The number of halogens is 6. The smallest absolute Gasteiger partial charge is 0.417 e. The molecule has 2 atom stereocenters. The molecule has 2 aromatic carbocycles. The van der Waals surface area contributed by atoms with E-state index in [4.69, 9.17) is 15.0 Å². The SMILES string of the molecule is N#Cc1c(N)sc2c(F)ccc(-c3c(C(F)(F)F)cc4c(N5CCc6nocc6C5)nc(OCC56CCCN5CC(F)C6)nc4c3F)c12. The highest BCUT2D eigenvalue weighted by atomic mass is 32.1. The number of hydrogen-bond donors (Lipinski definition) is 1. The predicted octanol–water partition coefficient (Wildman–Crippen LogP) is 6.77. The number of nitriles is 1. The average molecular weight is 686 g/mol. The molecule has 48 heavy (non-hydrogen) atoms. The fraction of sp³-hybridized carbons (Fsp3) is 0.375. The first kappa shape index (κ1) is 30.7. The maximum absolute atomic E-state index is 17.0. The zero-order chi connectivity index (χ0) is 33.5. The summed E-state index contributed by atoms with van der Waals surface area (Å²) in [5.41, 5.74) is 3.35. The monoisotopic (exact) mass is 685 g/mol. The summed E-state index contributed by atoms with van der Waals surface area (Å²) in [6.07, 6.45) is -2.54. The van der Waals surface area contributed by atoms with Gasteiger partial charge in [0.05, 0.1) is 27.1 Å². The molecule has 8 rings (SSSR count). The van der Waals surface area contributed by atoms with Gasteiger partial charge in [0.1, 0.15) is 47.3 Å².